The van der Waals surface area contributed by atoms with Crippen LogP contribution in [0.5, 0.6) is 0 Å². The Bertz CT molecular complexity index is 444. The van der Waals surface area contributed by atoms with Crippen LogP contribution in [-0.2, 0) is 0 Å². The topological polar surface area (TPSA) is 35.8 Å². The normalized spacial score (nSPS) is 13.3. The van der Waals surface area contributed by atoms with E-state index in [9.17, 15) is 0 Å². The number of hydrogen-bond donors (Lipinski definition) is 1. The first kappa shape index (κ1) is 13.6. The largest absolute Gasteiger partial charge is 0.381 e. The highest BCUT2D eigenvalue weighted by atomic mass is 35.5. The third kappa shape index (κ3) is 3.80. The molecule has 1 N–H and O–H groups in total. The van der Waals surface area contributed by atoms with Crippen LogP contribution in [0, 0.1) is 17.2 Å². The Kier molecular flexibility index (Phi) is 5.06. The van der Waals surface area contributed by atoms with Crippen LogP contribution in [0.25, 0.3) is 5.70 Å². The van der Waals surface area contributed by atoms with Gasteiger partial charge < -0.3 is 5.32 Å². The molecule has 0 amide bonds. The van der Waals surface area contributed by atoms with E-state index in [1.54, 1.807) is 0 Å². The average molecular weight is 249 g/mol. The number of nitriles is 1. The molecule has 1 atom stereocenters. The maximum atomic E-state index is 8.83. The second-order valence-corrected chi connectivity index (χ2v) is 4.75. The molecule has 1 unspecified atom stereocenters. The predicted molar refractivity (Wildman–Crippen MR) is 72.5 cm³/mol. The standard InChI is InChI=1S/C14H17ClN2/c1-10(2)11(3)17-14(8-9-16)12-6-4-5-7-13(12)15/h4-8,10-11,17H,1-3H3. The van der Waals surface area contributed by atoms with Crippen LogP contribution in [0.2, 0.25) is 5.02 Å². The van der Waals surface area contributed by atoms with Crippen molar-refractivity contribution in [3.05, 3.63) is 40.9 Å². The van der Waals surface area contributed by atoms with E-state index >= 15 is 0 Å². The Morgan fingerprint density at radius 3 is 2.53 bits per heavy atom. The molecule has 1 aromatic carbocycles. The lowest BCUT2D eigenvalue weighted by Crippen LogP contribution is -2.29. The first-order chi connectivity index (χ1) is 8.06. The Morgan fingerprint density at radius 1 is 1.35 bits per heavy atom. The molecule has 0 radical (unpaired) electrons. The minimum absolute atomic E-state index is 0.283. The molecule has 0 aliphatic heterocycles. The maximum Gasteiger partial charge on any atom is 0.0933 e. The first-order valence-corrected chi connectivity index (χ1v) is 6.05. The lowest BCUT2D eigenvalue weighted by molar-refractivity contribution is 0.480. The summed E-state index contributed by atoms with van der Waals surface area (Å²) >= 11 is 6.13. The van der Waals surface area contributed by atoms with E-state index in [-0.39, 0.29) is 6.04 Å². The van der Waals surface area contributed by atoms with Gasteiger partial charge in [0, 0.05) is 22.7 Å². The Balaban J connectivity index is 3.01. The van der Waals surface area contributed by atoms with Gasteiger partial charge in [-0.2, -0.15) is 5.26 Å². The Labute approximate surface area is 108 Å². The fourth-order valence-corrected chi connectivity index (χ4v) is 1.59. The molecule has 0 saturated carbocycles. The minimum atomic E-state index is 0.283. The van der Waals surface area contributed by atoms with Crippen molar-refractivity contribution in [2.45, 2.75) is 26.8 Å². The molecule has 0 fully saturated rings. The van der Waals surface area contributed by atoms with E-state index in [1.807, 2.05) is 24.3 Å². The molecule has 90 valence electrons. The molecular weight excluding hydrogens is 232 g/mol. The van der Waals surface area contributed by atoms with Gasteiger partial charge in [-0.25, -0.2) is 0 Å². The van der Waals surface area contributed by atoms with Gasteiger partial charge in [0.15, 0.2) is 0 Å². The van der Waals surface area contributed by atoms with Crippen molar-refractivity contribution in [1.82, 2.24) is 5.32 Å². The maximum absolute atomic E-state index is 8.83. The molecular formula is C14H17ClN2. The number of benzene rings is 1. The number of allylic oxidation sites excluding steroid dienone is 1. The van der Waals surface area contributed by atoms with Gasteiger partial charge in [-0.05, 0) is 18.9 Å². The van der Waals surface area contributed by atoms with Crippen LogP contribution in [0.3, 0.4) is 0 Å². The molecule has 0 saturated heterocycles. The van der Waals surface area contributed by atoms with E-state index < -0.39 is 0 Å². The van der Waals surface area contributed by atoms with Crippen molar-refractivity contribution >= 4 is 17.3 Å². The lowest BCUT2D eigenvalue weighted by Gasteiger charge is -2.21. The third-order valence-electron chi connectivity index (χ3n) is 2.76. The highest BCUT2D eigenvalue weighted by Gasteiger charge is 2.11. The van der Waals surface area contributed by atoms with Gasteiger partial charge in [-0.15, -0.1) is 0 Å². The molecule has 0 aliphatic carbocycles. The molecule has 0 heterocycles. The van der Waals surface area contributed by atoms with E-state index in [2.05, 4.69) is 32.2 Å². The van der Waals surface area contributed by atoms with Crippen molar-refractivity contribution in [1.29, 1.82) is 5.26 Å². The van der Waals surface area contributed by atoms with Gasteiger partial charge in [-0.1, -0.05) is 43.6 Å². The van der Waals surface area contributed by atoms with Crippen molar-refractivity contribution in [2.24, 2.45) is 5.92 Å². The molecule has 1 aromatic rings. The van der Waals surface area contributed by atoms with Gasteiger partial charge >= 0.3 is 0 Å². The van der Waals surface area contributed by atoms with Gasteiger partial charge in [0.25, 0.3) is 0 Å². The average Bonchev–Trinajstić information content (AvgIpc) is 2.29. The molecule has 3 heteroatoms. The van der Waals surface area contributed by atoms with E-state index in [0.29, 0.717) is 10.9 Å². The molecule has 0 aromatic heterocycles. The lowest BCUT2D eigenvalue weighted by atomic mass is 10.0. The van der Waals surface area contributed by atoms with Crippen molar-refractivity contribution < 1.29 is 0 Å². The summed E-state index contributed by atoms with van der Waals surface area (Å²) in [5.74, 6) is 0.486. The molecule has 1 rings (SSSR count). The highest BCUT2D eigenvalue weighted by Crippen LogP contribution is 2.22. The minimum Gasteiger partial charge on any atom is -0.381 e. The van der Waals surface area contributed by atoms with Crippen LogP contribution in [-0.4, -0.2) is 6.04 Å². The summed E-state index contributed by atoms with van der Waals surface area (Å²) in [6.45, 7) is 6.36. The monoisotopic (exact) mass is 248 g/mol. The number of hydrogen-bond acceptors (Lipinski definition) is 2. The molecule has 0 spiro atoms. The van der Waals surface area contributed by atoms with Crippen molar-refractivity contribution in [2.75, 3.05) is 0 Å². The third-order valence-corrected chi connectivity index (χ3v) is 3.09. The summed E-state index contributed by atoms with van der Waals surface area (Å²) in [7, 11) is 0. The van der Waals surface area contributed by atoms with E-state index in [0.717, 1.165) is 11.3 Å². The summed E-state index contributed by atoms with van der Waals surface area (Å²) < 4.78 is 0. The summed E-state index contributed by atoms with van der Waals surface area (Å²) in [4.78, 5) is 0. The van der Waals surface area contributed by atoms with Gasteiger partial charge in [-0.3, -0.25) is 0 Å². The number of halogens is 1. The summed E-state index contributed by atoms with van der Waals surface area (Å²) in [6.07, 6.45) is 1.50. The van der Waals surface area contributed by atoms with E-state index in [1.165, 1.54) is 6.08 Å². The fraction of sp³-hybridized carbons (Fsp3) is 0.357. The van der Waals surface area contributed by atoms with Crippen LogP contribution in [0.15, 0.2) is 30.3 Å². The fourth-order valence-electron chi connectivity index (χ4n) is 1.35. The Hall–Kier alpha value is -1.46. The zero-order valence-corrected chi connectivity index (χ0v) is 11.1. The quantitative estimate of drug-likeness (QED) is 0.822. The predicted octanol–water partition coefficient (Wildman–Crippen LogP) is 3.84. The van der Waals surface area contributed by atoms with Crippen LogP contribution >= 0.6 is 11.6 Å². The molecule has 17 heavy (non-hydrogen) atoms. The summed E-state index contributed by atoms with van der Waals surface area (Å²) in [5, 5.41) is 12.8. The molecule has 0 aliphatic rings. The van der Waals surface area contributed by atoms with E-state index in [4.69, 9.17) is 16.9 Å². The SMILES string of the molecule is CC(C)C(C)NC(=CC#N)c1ccccc1Cl. The first-order valence-electron chi connectivity index (χ1n) is 5.67. The summed E-state index contributed by atoms with van der Waals surface area (Å²) in [5.41, 5.74) is 1.64. The highest BCUT2D eigenvalue weighted by molar-refractivity contribution is 6.32. The second-order valence-electron chi connectivity index (χ2n) is 4.34. The smallest absolute Gasteiger partial charge is 0.0933 e. The van der Waals surface area contributed by atoms with Crippen molar-refractivity contribution in [3.8, 4) is 6.07 Å². The summed E-state index contributed by atoms with van der Waals surface area (Å²) in [6, 6.07) is 9.86. The van der Waals surface area contributed by atoms with Crippen LogP contribution in [0.4, 0.5) is 0 Å². The zero-order chi connectivity index (χ0) is 12.8. The van der Waals surface area contributed by atoms with Gasteiger partial charge in [0.1, 0.15) is 0 Å². The van der Waals surface area contributed by atoms with Crippen LogP contribution < -0.4 is 5.32 Å². The van der Waals surface area contributed by atoms with Crippen molar-refractivity contribution in [3.63, 3.8) is 0 Å². The number of rotatable bonds is 4. The Morgan fingerprint density at radius 2 is 2.00 bits per heavy atom. The van der Waals surface area contributed by atoms with Crippen LogP contribution in [0.1, 0.15) is 26.3 Å². The number of nitrogens with one attached hydrogen (secondary N) is 1. The second kappa shape index (κ2) is 6.32. The van der Waals surface area contributed by atoms with Gasteiger partial charge in [0.2, 0.25) is 0 Å². The zero-order valence-electron chi connectivity index (χ0n) is 10.4. The molecule has 0 bridgehead atoms. The number of nitrogens with zero attached hydrogens (tertiary/aromatic N) is 1. The molecule has 2 nitrogen and oxygen atoms in total. The van der Waals surface area contributed by atoms with Gasteiger partial charge in [0.05, 0.1) is 11.8 Å².